The van der Waals surface area contributed by atoms with Crippen LogP contribution in [-0.4, -0.2) is 14.5 Å². The van der Waals surface area contributed by atoms with Crippen LogP contribution >= 0.6 is 0 Å². The third kappa shape index (κ3) is 4.63. The lowest BCUT2D eigenvalue weighted by atomic mass is 10.1. The topological polar surface area (TPSA) is 73.8 Å². The average Bonchev–Trinajstić information content (AvgIpc) is 2.75. The fraction of sp³-hybridized carbons (Fsp3) is 0.0870. The summed E-state index contributed by atoms with van der Waals surface area (Å²) in [5.41, 5.74) is 7.10. The van der Waals surface area contributed by atoms with Crippen molar-refractivity contribution in [2.75, 3.05) is 5.73 Å². The minimum absolute atomic E-state index is 0.0987. The first-order valence-electron chi connectivity index (χ1n) is 9.36. The zero-order valence-corrected chi connectivity index (χ0v) is 16.2. The Kier molecular flexibility index (Phi) is 5.29. The van der Waals surface area contributed by atoms with Crippen molar-refractivity contribution in [1.29, 1.82) is 0 Å². The molecule has 5 nitrogen and oxygen atoms in total. The van der Waals surface area contributed by atoms with Gasteiger partial charge in [-0.15, -0.1) is 0 Å². The predicted molar refractivity (Wildman–Crippen MR) is 112 cm³/mol. The van der Waals surface area contributed by atoms with Gasteiger partial charge in [-0.25, -0.2) is 9.97 Å². The Labute approximate surface area is 175 Å². The molecule has 0 aliphatic carbocycles. The van der Waals surface area contributed by atoms with E-state index in [9.17, 15) is 18.0 Å². The lowest BCUT2D eigenvalue weighted by Gasteiger charge is -2.11. The number of hydrogen-bond donors (Lipinski definition) is 1. The van der Waals surface area contributed by atoms with E-state index in [4.69, 9.17) is 5.73 Å². The molecule has 0 atom stereocenters. The van der Waals surface area contributed by atoms with Gasteiger partial charge in [0.05, 0.1) is 23.5 Å². The monoisotopic (exact) mass is 422 g/mol. The highest BCUT2D eigenvalue weighted by Gasteiger charge is 2.30. The van der Waals surface area contributed by atoms with Gasteiger partial charge in [0.15, 0.2) is 0 Å². The minimum Gasteiger partial charge on any atom is -0.368 e. The van der Waals surface area contributed by atoms with E-state index in [2.05, 4.69) is 9.97 Å². The van der Waals surface area contributed by atoms with Gasteiger partial charge in [-0.1, -0.05) is 42.5 Å². The maximum Gasteiger partial charge on any atom is 0.416 e. The number of nitrogen functional groups attached to an aromatic ring is 1. The zero-order valence-electron chi connectivity index (χ0n) is 16.2. The highest BCUT2D eigenvalue weighted by atomic mass is 19.4. The van der Waals surface area contributed by atoms with E-state index in [1.807, 2.05) is 30.3 Å². The van der Waals surface area contributed by atoms with Gasteiger partial charge in [0.1, 0.15) is 0 Å². The number of anilines is 1. The van der Waals surface area contributed by atoms with E-state index in [0.717, 1.165) is 17.7 Å². The quantitative estimate of drug-likeness (QED) is 0.521. The number of pyridine rings is 1. The van der Waals surface area contributed by atoms with Crippen molar-refractivity contribution in [3.05, 3.63) is 100 Å². The lowest BCUT2D eigenvalue weighted by Crippen LogP contribution is -2.19. The van der Waals surface area contributed by atoms with Crippen molar-refractivity contribution in [1.82, 2.24) is 14.5 Å². The summed E-state index contributed by atoms with van der Waals surface area (Å²) >= 11 is 0. The molecule has 0 amide bonds. The SMILES string of the molecule is Nc1nc(-c2cccc(C(F)(F)F)c2)cc(-c2ccn(Cc3ccccc3)c(=O)c2)n1. The Bertz CT molecular complexity index is 1280. The molecule has 31 heavy (non-hydrogen) atoms. The maximum atomic E-state index is 13.1. The molecule has 0 aliphatic rings. The van der Waals surface area contributed by atoms with E-state index in [1.165, 1.54) is 24.3 Å². The summed E-state index contributed by atoms with van der Waals surface area (Å²) in [7, 11) is 0. The van der Waals surface area contributed by atoms with Crippen molar-refractivity contribution in [3.63, 3.8) is 0 Å². The van der Waals surface area contributed by atoms with Crippen molar-refractivity contribution >= 4 is 5.95 Å². The molecule has 2 heterocycles. The van der Waals surface area contributed by atoms with Crippen LogP contribution in [0.2, 0.25) is 0 Å². The highest BCUT2D eigenvalue weighted by Crippen LogP contribution is 2.32. The number of nitrogens with zero attached hydrogens (tertiary/aromatic N) is 3. The van der Waals surface area contributed by atoms with Crippen molar-refractivity contribution in [2.24, 2.45) is 0 Å². The molecule has 0 aliphatic heterocycles. The summed E-state index contributed by atoms with van der Waals surface area (Å²) in [6.45, 7) is 0.418. The summed E-state index contributed by atoms with van der Waals surface area (Å²) < 4.78 is 40.7. The fourth-order valence-corrected chi connectivity index (χ4v) is 3.19. The van der Waals surface area contributed by atoms with Crippen LogP contribution in [0.1, 0.15) is 11.1 Å². The second-order valence-corrected chi connectivity index (χ2v) is 6.94. The van der Waals surface area contributed by atoms with Crippen LogP contribution in [0.15, 0.2) is 83.8 Å². The number of halogens is 3. The normalized spacial score (nSPS) is 11.5. The van der Waals surface area contributed by atoms with Gasteiger partial charge in [-0.05, 0) is 29.8 Å². The Hall–Kier alpha value is -3.94. The fourth-order valence-electron chi connectivity index (χ4n) is 3.19. The molecule has 2 N–H and O–H groups in total. The Morgan fingerprint density at radius 3 is 2.16 bits per heavy atom. The second kappa shape index (κ2) is 8.06. The molecule has 0 bridgehead atoms. The molecule has 0 unspecified atom stereocenters. The van der Waals surface area contributed by atoms with Crippen LogP contribution in [0.3, 0.4) is 0 Å². The number of nitrogens with two attached hydrogens (primary N) is 1. The van der Waals surface area contributed by atoms with Crippen LogP contribution in [0.4, 0.5) is 19.1 Å². The average molecular weight is 422 g/mol. The van der Waals surface area contributed by atoms with Crippen molar-refractivity contribution in [3.8, 4) is 22.5 Å². The summed E-state index contributed by atoms with van der Waals surface area (Å²) in [5.74, 6) is -0.0987. The molecule has 8 heteroatoms. The Morgan fingerprint density at radius 2 is 1.52 bits per heavy atom. The van der Waals surface area contributed by atoms with E-state index < -0.39 is 11.7 Å². The van der Waals surface area contributed by atoms with Crippen LogP contribution in [-0.2, 0) is 12.7 Å². The Balaban J connectivity index is 1.69. The third-order valence-electron chi connectivity index (χ3n) is 4.72. The van der Waals surface area contributed by atoms with Gasteiger partial charge in [0.25, 0.3) is 5.56 Å². The largest absolute Gasteiger partial charge is 0.416 e. The third-order valence-corrected chi connectivity index (χ3v) is 4.72. The van der Waals surface area contributed by atoms with Gasteiger partial charge in [-0.3, -0.25) is 4.79 Å². The van der Waals surface area contributed by atoms with E-state index >= 15 is 0 Å². The van der Waals surface area contributed by atoms with Crippen molar-refractivity contribution < 1.29 is 13.2 Å². The van der Waals surface area contributed by atoms with Gasteiger partial charge < -0.3 is 10.3 Å². The summed E-state index contributed by atoms with van der Waals surface area (Å²) in [5, 5.41) is 0. The van der Waals surface area contributed by atoms with Gasteiger partial charge in [0, 0.05) is 23.4 Å². The van der Waals surface area contributed by atoms with Gasteiger partial charge >= 0.3 is 6.18 Å². The first kappa shape index (κ1) is 20.3. The molecule has 156 valence electrons. The number of rotatable bonds is 4. The molecule has 4 rings (SSSR count). The molecule has 2 aromatic heterocycles. The summed E-state index contributed by atoms with van der Waals surface area (Å²) in [4.78, 5) is 20.8. The lowest BCUT2D eigenvalue weighted by molar-refractivity contribution is -0.137. The van der Waals surface area contributed by atoms with Gasteiger partial charge in [-0.2, -0.15) is 13.2 Å². The summed E-state index contributed by atoms with van der Waals surface area (Å²) in [6.07, 6.45) is -2.83. The zero-order chi connectivity index (χ0) is 22.0. The minimum atomic E-state index is -4.47. The molecule has 0 radical (unpaired) electrons. The van der Waals surface area contributed by atoms with Gasteiger partial charge in [0.2, 0.25) is 5.95 Å². The standard InChI is InChI=1S/C23H17F3N4O/c24-23(25,26)18-8-4-7-16(11-18)19-13-20(29-22(27)28-19)17-9-10-30(21(31)12-17)14-15-5-2-1-3-6-15/h1-13H,14H2,(H2,27,28,29). The molecule has 4 aromatic rings. The van der Waals surface area contributed by atoms with Crippen molar-refractivity contribution in [2.45, 2.75) is 12.7 Å². The Morgan fingerprint density at radius 1 is 0.839 bits per heavy atom. The van der Waals surface area contributed by atoms with Crippen LogP contribution in [0, 0.1) is 0 Å². The molecule has 0 spiro atoms. The van der Waals surface area contributed by atoms with E-state index in [-0.39, 0.29) is 22.8 Å². The highest BCUT2D eigenvalue weighted by molar-refractivity contribution is 5.69. The molecule has 0 saturated carbocycles. The second-order valence-electron chi connectivity index (χ2n) is 6.94. The molecule has 2 aromatic carbocycles. The predicted octanol–water partition coefficient (Wildman–Crippen LogP) is 4.62. The smallest absolute Gasteiger partial charge is 0.368 e. The van der Waals surface area contributed by atoms with E-state index in [0.29, 0.717) is 17.8 Å². The summed E-state index contributed by atoms with van der Waals surface area (Å²) in [6, 6.07) is 19.0. The molecule has 0 fully saturated rings. The maximum absolute atomic E-state index is 13.1. The van der Waals surface area contributed by atoms with Crippen LogP contribution in [0.25, 0.3) is 22.5 Å². The number of hydrogen-bond acceptors (Lipinski definition) is 4. The first-order valence-corrected chi connectivity index (χ1v) is 9.36. The number of aromatic nitrogens is 3. The number of alkyl halides is 3. The number of benzene rings is 2. The van der Waals surface area contributed by atoms with Crippen LogP contribution < -0.4 is 11.3 Å². The first-order chi connectivity index (χ1) is 14.8. The molecular formula is C23H17F3N4O. The molecule has 0 saturated heterocycles. The van der Waals surface area contributed by atoms with Crippen LogP contribution in [0.5, 0.6) is 0 Å². The van der Waals surface area contributed by atoms with E-state index in [1.54, 1.807) is 16.8 Å². The molecular weight excluding hydrogens is 405 g/mol.